The van der Waals surface area contributed by atoms with Crippen LogP contribution in [0.15, 0.2) is 23.2 Å². The number of anilines is 1. The Bertz CT molecular complexity index is 823. The van der Waals surface area contributed by atoms with Crippen LogP contribution in [0.25, 0.3) is 11.1 Å². The Morgan fingerprint density at radius 1 is 1.26 bits per heavy atom. The van der Waals surface area contributed by atoms with Crippen LogP contribution >= 0.6 is 0 Å². The highest BCUT2D eigenvalue weighted by Crippen LogP contribution is 2.37. The van der Waals surface area contributed by atoms with E-state index in [2.05, 4.69) is 36.5 Å². The van der Waals surface area contributed by atoms with E-state index in [-0.39, 0.29) is 6.04 Å². The Labute approximate surface area is 134 Å². The molecule has 1 saturated heterocycles. The molecule has 4 heterocycles. The number of hydrogen-bond donors (Lipinski definition) is 0. The molecule has 0 amide bonds. The topological polar surface area (TPSA) is 72.9 Å². The number of fused-ring (bicyclic) bond motifs is 1. The fraction of sp³-hybridized carbons (Fsp3) is 0.500. The second kappa shape index (κ2) is 5.64. The van der Waals surface area contributed by atoms with Crippen molar-refractivity contribution in [3.8, 4) is 0 Å². The second-order valence-corrected chi connectivity index (χ2v) is 5.92. The van der Waals surface area contributed by atoms with Gasteiger partial charge in [0.1, 0.15) is 23.4 Å². The summed E-state index contributed by atoms with van der Waals surface area (Å²) in [5.74, 6) is 2.01. The van der Waals surface area contributed by atoms with Crippen LogP contribution in [0, 0.1) is 6.92 Å². The quantitative estimate of drug-likeness (QED) is 0.740. The molecule has 0 saturated carbocycles. The summed E-state index contributed by atoms with van der Waals surface area (Å²) in [6, 6.07) is 0.228. The van der Waals surface area contributed by atoms with Gasteiger partial charge < -0.3 is 14.0 Å². The second-order valence-electron chi connectivity index (χ2n) is 5.92. The van der Waals surface area contributed by atoms with Crippen molar-refractivity contribution in [2.24, 2.45) is 0 Å². The maximum atomic E-state index is 5.30. The van der Waals surface area contributed by atoms with E-state index in [1.807, 2.05) is 19.3 Å². The zero-order valence-corrected chi connectivity index (χ0v) is 13.4. The van der Waals surface area contributed by atoms with Crippen molar-refractivity contribution in [3.05, 3.63) is 30.2 Å². The van der Waals surface area contributed by atoms with Gasteiger partial charge in [-0.1, -0.05) is 5.16 Å². The van der Waals surface area contributed by atoms with E-state index in [1.165, 1.54) is 6.42 Å². The van der Waals surface area contributed by atoms with Gasteiger partial charge in [-0.05, 0) is 33.1 Å². The van der Waals surface area contributed by atoms with Crippen molar-refractivity contribution in [2.75, 3.05) is 11.4 Å². The van der Waals surface area contributed by atoms with Gasteiger partial charge in [-0.15, -0.1) is 0 Å². The predicted molar refractivity (Wildman–Crippen MR) is 86.2 cm³/mol. The number of piperidine rings is 1. The van der Waals surface area contributed by atoms with Gasteiger partial charge in [0, 0.05) is 25.5 Å². The van der Waals surface area contributed by atoms with E-state index >= 15 is 0 Å². The lowest BCUT2D eigenvalue weighted by atomic mass is 10.0. The van der Waals surface area contributed by atoms with Crippen molar-refractivity contribution in [1.82, 2.24) is 24.7 Å². The highest BCUT2D eigenvalue weighted by molar-refractivity contribution is 5.88. The standard InChI is InChI=1S/C16H20N6O/c1-3-21-9-7-17-14(21)12-6-4-5-8-22(12)15-13-11(2)20-23-16(13)19-10-18-15/h7,9-10,12H,3-6,8H2,1-2H3. The molecule has 1 fully saturated rings. The molecule has 0 N–H and O–H groups in total. The number of imidazole rings is 1. The molecule has 1 aliphatic rings. The first kappa shape index (κ1) is 14.2. The van der Waals surface area contributed by atoms with Gasteiger partial charge in [-0.2, -0.15) is 4.98 Å². The molecule has 3 aromatic heterocycles. The van der Waals surface area contributed by atoms with Crippen LogP contribution in [0.1, 0.15) is 43.7 Å². The van der Waals surface area contributed by atoms with Crippen molar-refractivity contribution < 1.29 is 4.52 Å². The van der Waals surface area contributed by atoms with Crippen LogP contribution in [-0.4, -0.2) is 31.2 Å². The molecular weight excluding hydrogens is 292 g/mol. The summed E-state index contributed by atoms with van der Waals surface area (Å²) in [7, 11) is 0. The first-order valence-corrected chi connectivity index (χ1v) is 8.14. The Kier molecular flexibility index (Phi) is 3.48. The molecule has 4 rings (SSSR count). The van der Waals surface area contributed by atoms with Crippen LogP contribution in [0.2, 0.25) is 0 Å². The van der Waals surface area contributed by atoms with Crippen LogP contribution in [0.3, 0.4) is 0 Å². The van der Waals surface area contributed by atoms with Gasteiger partial charge in [0.15, 0.2) is 0 Å². The molecular formula is C16H20N6O. The van der Waals surface area contributed by atoms with Gasteiger partial charge in [0.2, 0.25) is 0 Å². The monoisotopic (exact) mass is 312 g/mol. The van der Waals surface area contributed by atoms with Crippen LogP contribution < -0.4 is 4.90 Å². The van der Waals surface area contributed by atoms with Crippen LogP contribution in [-0.2, 0) is 6.54 Å². The van der Waals surface area contributed by atoms with Gasteiger partial charge in [0.25, 0.3) is 5.71 Å². The third-order valence-electron chi connectivity index (χ3n) is 4.58. The normalized spacial score (nSPS) is 18.7. The first-order valence-electron chi connectivity index (χ1n) is 8.14. The number of nitrogens with zero attached hydrogens (tertiary/aromatic N) is 6. The van der Waals surface area contributed by atoms with Gasteiger partial charge >= 0.3 is 0 Å². The molecule has 3 aromatic rings. The number of hydrogen-bond acceptors (Lipinski definition) is 6. The molecule has 7 nitrogen and oxygen atoms in total. The van der Waals surface area contributed by atoms with E-state index in [0.717, 1.165) is 48.7 Å². The minimum Gasteiger partial charge on any atom is -0.346 e. The molecule has 1 atom stereocenters. The smallest absolute Gasteiger partial charge is 0.263 e. The highest BCUT2D eigenvalue weighted by Gasteiger charge is 2.30. The van der Waals surface area contributed by atoms with Crippen molar-refractivity contribution in [3.63, 3.8) is 0 Å². The number of rotatable bonds is 3. The van der Waals surface area contributed by atoms with Crippen LogP contribution in [0.4, 0.5) is 5.82 Å². The summed E-state index contributed by atoms with van der Waals surface area (Å²) >= 11 is 0. The Hall–Kier alpha value is -2.44. The fourth-order valence-electron chi connectivity index (χ4n) is 3.46. The molecule has 0 spiro atoms. The minimum atomic E-state index is 0.228. The summed E-state index contributed by atoms with van der Waals surface area (Å²) in [4.78, 5) is 15.7. The molecule has 1 unspecified atom stereocenters. The molecule has 0 aliphatic carbocycles. The van der Waals surface area contributed by atoms with E-state index in [9.17, 15) is 0 Å². The lowest BCUT2D eigenvalue weighted by Gasteiger charge is -2.36. The molecule has 0 radical (unpaired) electrons. The average Bonchev–Trinajstić information content (AvgIpc) is 3.21. The fourth-order valence-corrected chi connectivity index (χ4v) is 3.46. The summed E-state index contributed by atoms with van der Waals surface area (Å²) in [5.41, 5.74) is 1.38. The molecule has 0 aromatic carbocycles. The maximum Gasteiger partial charge on any atom is 0.263 e. The SMILES string of the molecule is CCn1ccnc1C1CCCCN1c1ncnc2onc(C)c12. The van der Waals surface area contributed by atoms with Gasteiger partial charge in [-0.25, -0.2) is 9.97 Å². The zero-order chi connectivity index (χ0) is 15.8. The van der Waals surface area contributed by atoms with E-state index in [4.69, 9.17) is 4.52 Å². The summed E-state index contributed by atoms with van der Waals surface area (Å²) in [6.45, 7) is 5.96. The number of aryl methyl sites for hydroxylation is 2. The lowest BCUT2D eigenvalue weighted by molar-refractivity contribution is 0.438. The molecule has 0 bridgehead atoms. The number of aromatic nitrogens is 5. The van der Waals surface area contributed by atoms with E-state index in [1.54, 1.807) is 6.33 Å². The largest absolute Gasteiger partial charge is 0.346 e. The summed E-state index contributed by atoms with van der Waals surface area (Å²) < 4.78 is 7.51. The van der Waals surface area contributed by atoms with Gasteiger partial charge in [-0.3, -0.25) is 0 Å². The van der Waals surface area contributed by atoms with E-state index in [0.29, 0.717) is 5.71 Å². The predicted octanol–water partition coefficient (Wildman–Crippen LogP) is 2.87. The van der Waals surface area contributed by atoms with Crippen molar-refractivity contribution >= 4 is 16.9 Å². The average molecular weight is 312 g/mol. The third-order valence-corrected chi connectivity index (χ3v) is 4.58. The molecule has 23 heavy (non-hydrogen) atoms. The molecule has 7 heteroatoms. The maximum absolute atomic E-state index is 5.30. The van der Waals surface area contributed by atoms with Gasteiger partial charge in [0.05, 0.1) is 11.7 Å². The molecule has 120 valence electrons. The lowest BCUT2D eigenvalue weighted by Crippen LogP contribution is -2.35. The molecule has 1 aliphatic heterocycles. The minimum absolute atomic E-state index is 0.228. The highest BCUT2D eigenvalue weighted by atomic mass is 16.5. The third kappa shape index (κ3) is 2.27. The Morgan fingerprint density at radius 2 is 2.17 bits per heavy atom. The zero-order valence-electron chi connectivity index (χ0n) is 13.4. The Morgan fingerprint density at radius 3 is 3.04 bits per heavy atom. The summed E-state index contributed by atoms with van der Waals surface area (Å²) in [6.07, 6.45) is 8.91. The Balaban J connectivity index is 1.82. The van der Waals surface area contributed by atoms with Crippen LogP contribution in [0.5, 0.6) is 0 Å². The first-order chi connectivity index (χ1) is 11.3. The van der Waals surface area contributed by atoms with Crippen molar-refractivity contribution in [2.45, 2.75) is 45.7 Å². The van der Waals surface area contributed by atoms with E-state index < -0.39 is 0 Å². The van der Waals surface area contributed by atoms with Crippen molar-refractivity contribution in [1.29, 1.82) is 0 Å². The summed E-state index contributed by atoms with van der Waals surface area (Å²) in [5, 5.41) is 4.96.